The van der Waals surface area contributed by atoms with E-state index >= 15 is 0 Å². The van der Waals surface area contributed by atoms with Crippen molar-refractivity contribution in [3.05, 3.63) is 11.9 Å². The maximum absolute atomic E-state index is 9.09. The van der Waals surface area contributed by atoms with Gasteiger partial charge in [0, 0.05) is 18.8 Å². The Hall–Kier alpha value is -0.520. The molecule has 0 radical (unpaired) electrons. The zero-order chi connectivity index (χ0) is 12.3. The smallest absolute Gasteiger partial charge is 0.167 e. The van der Waals surface area contributed by atoms with Gasteiger partial charge in [0.25, 0.3) is 0 Å². The summed E-state index contributed by atoms with van der Waals surface area (Å²) < 4.78 is 1.98. The van der Waals surface area contributed by atoms with Crippen LogP contribution >= 0.6 is 11.8 Å². The van der Waals surface area contributed by atoms with E-state index in [0.29, 0.717) is 0 Å². The molecule has 1 aromatic heterocycles. The van der Waals surface area contributed by atoms with Crippen LogP contribution in [0.3, 0.4) is 0 Å². The molecule has 5 heteroatoms. The lowest BCUT2D eigenvalue weighted by Gasteiger charge is -2.18. The molecule has 0 amide bonds. The van der Waals surface area contributed by atoms with Crippen molar-refractivity contribution in [1.29, 1.82) is 0 Å². The molecule has 4 nitrogen and oxygen atoms in total. The predicted octanol–water partition coefficient (Wildman–Crippen LogP) is 1.49. The molecule has 0 spiro atoms. The molecular formula is C12H21N3OS. The summed E-state index contributed by atoms with van der Waals surface area (Å²) in [5.41, 5.74) is 0.880. The van der Waals surface area contributed by atoms with Gasteiger partial charge >= 0.3 is 0 Å². The Bertz CT molecular complexity index is 367. The highest BCUT2D eigenvalue weighted by Crippen LogP contribution is 2.23. The molecule has 1 unspecified atom stereocenters. The van der Waals surface area contributed by atoms with E-state index in [1.807, 2.05) is 11.6 Å². The van der Waals surface area contributed by atoms with Crippen LogP contribution in [0.25, 0.3) is 0 Å². The fourth-order valence-corrected chi connectivity index (χ4v) is 3.35. The Balaban J connectivity index is 1.79. The predicted molar refractivity (Wildman–Crippen MR) is 70.1 cm³/mol. The van der Waals surface area contributed by atoms with E-state index in [9.17, 15) is 0 Å². The molecule has 0 saturated carbocycles. The minimum Gasteiger partial charge on any atom is -0.390 e. The van der Waals surface area contributed by atoms with Crippen LogP contribution in [0.2, 0.25) is 0 Å². The van der Waals surface area contributed by atoms with E-state index in [-0.39, 0.29) is 6.61 Å². The summed E-state index contributed by atoms with van der Waals surface area (Å²) in [5, 5.41) is 10.1. The van der Waals surface area contributed by atoms with Crippen molar-refractivity contribution in [3.8, 4) is 0 Å². The summed E-state index contributed by atoms with van der Waals surface area (Å²) in [4.78, 5) is 6.78. The monoisotopic (exact) mass is 255 g/mol. The molecule has 0 bridgehead atoms. The fourth-order valence-electron chi connectivity index (χ4n) is 2.34. The van der Waals surface area contributed by atoms with E-state index in [4.69, 9.17) is 5.11 Å². The normalized spacial score (nSPS) is 21.2. The molecule has 0 aliphatic carbocycles. The third kappa shape index (κ3) is 3.03. The Labute approximate surface area is 107 Å². The number of aliphatic hydroxyl groups excluding tert-OH is 1. The minimum atomic E-state index is 0.0649. The van der Waals surface area contributed by atoms with Crippen molar-refractivity contribution < 1.29 is 5.11 Å². The maximum Gasteiger partial charge on any atom is 0.167 e. The van der Waals surface area contributed by atoms with Crippen molar-refractivity contribution in [2.75, 3.05) is 19.3 Å². The van der Waals surface area contributed by atoms with Crippen LogP contribution < -0.4 is 0 Å². The van der Waals surface area contributed by atoms with Gasteiger partial charge in [0.1, 0.15) is 0 Å². The molecule has 2 heterocycles. The molecule has 2 rings (SSSR count). The molecule has 1 N–H and O–H groups in total. The van der Waals surface area contributed by atoms with Crippen LogP contribution in [-0.4, -0.2) is 44.9 Å². The molecule has 1 aromatic rings. The molecule has 1 fully saturated rings. The Morgan fingerprint density at radius 3 is 2.94 bits per heavy atom. The van der Waals surface area contributed by atoms with Gasteiger partial charge in [-0.05, 0) is 32.9 Å². The Morgan fingerprint density at radius 2 is 2.35 bits per heavy atom. The largest absolute Gasteiger partial charge is 0.390 e. The maximum atomic E-state index is 9.09. The van der Waals surface area contributed by atoms with Gasteiger partial charge in [-0.15, -0.1) is 0 Å². The number of rotatable bonds is 5. The first-order valence-electron chi connectivity index (χ1n) is 6.17. The average molecular weight is 255 g/mol. The molecule has 17 heavy (non-hydrogen) atoms. The first-order valence-corrected chi connectivity index (χ1v) is 7.15. The molecule has 1 saturated heterocycles. The van der Waals surface area contributed by atoms with Crippen molar-refractivity contribution in [2.45, 2.75) is 37.1 Å². The van der Waals surface area contributed by atoms with Gasteiger partial charge in [-0.1, -0.05) is 11.8 Å². The number of aromatic nitrogens is 2. The van der Waals surface area contributed by atoms with Gasteiger partial charge in [-0.3, -0.25) is 0 Å². The average Bonchev–Trinajstić information content (AvgIpc) is 2.87. The third-order valence-electron chi connectivity index (χ3n) is 3.56. The summed E-state index contributed by atoms with van der Waals surface area (Å²) >= 11 is 1.79. The van der Waals surface area contributed by atoms with Crippen LogP contribution in [0, 0.1) is 0 Å². The van der Waals surface area contributed by atoms with E-state index in [0.717, 1.165) is 22.6 Å². The van der Waals surface area contributed by atoms with Crippen molar-refractivity contribution >= 4 is 11.8 Å². The first-order chi connectivity index (χ1) is 8.22. The molecular weight excluding hydrogens is 234 g/mol. The summed E-state index contributed by atoms with van der Waals surface area (Å²) in [6, 6.07) is 0.750. The molecule has 1 aliphatic rings. The summed E-state index contributed by atoms with van der Waals surface area (Å²) in [5.74, 6) is 1.10. The second kappa shape index (κ2) is 5.89. The van der Waals surface area contributed by atoms with Crippen LogP contribution in [0.15, 0.2) is 11.4 Å². The van der Waals surface area contributed by atoms with Gasteiger partial charge in [0.15, 0.2) is 5.16 Å². The fraction of sp³-hybridized carbons (Fsp3) is 0.750. The van der Waals surface area contributed by atoms with E-state index in [1.165, 1.54) is 25.8 Å². The summed E-state index contributed by atoms with van der Waals surface area (Å²) in [6.45, 7) is 1.31. The van der Waals surface area contributed by atoms with Crippen LogP contribution in [0.5, 0.6) is 0 Å². The van der Waals surface area contributed by atoms with Gasteiger partial charge < -0.3 is 14.6 Å². The zero-order valence-electron chi connectivity index (χ0n) is 10.6. The second-order valence-corrected chi connectivity index (χ2v) is 5.73. The number of hydrogen-bond donors (Lipinski definition) is 1. The van der Waals surface area contributed by atoms with Gasteiger partial charge in [-0.2, -0.15) is 0 Å². The second-order valence-electron chi connectivity index (χ2n) is 4.66. The van der Waals surface area contributed by atoms with E-state index in [1.54, 1.807) is 18.0 Å². The quantitative estimate of drug-likeness (QED) is 0.809. The molecule has 0 aromatic carbocycles. The van der Waals surface area contributed by atoms with Crippen molar-refractivity contribution in [3.63, 3.8) is 0 Å². The number of hydrogen-bond acceptors (Lipinski definition) is 4. The van der Waals surface area contributed by atoms with Crippen LogP contribution in [-0.2, 0) is 13.7 Å². The van der Waals surface area contributed by atoms with Crippen molar-refractivity contribution in [2.24, 2.45) is 7.05 Å². The Kier molecular flexibility index (Phi) is 4.48. The Morgan fingerprint density at radius 1 is 1.53 bits per heavy atom. The van der Waals surface area contributed by atoms with Crippen LogP contribution in [0.4, 0.5) is 0 Å². The minimum absolute atomic E-state index is 0.0649. The molecule has 96 valence electrons. The SMILES string of the molecule is CN1CCCC1CCSc1ncc(CO)n1C. The highest BCUT2D eigenvalue weighted by atomic mass is 32.2. The molecule has 1 aliphatic heterocycles. The number of imidazole rings is 1. The van der Waals surface area contributed by atoms with E-state index < -0.39 is 0 Å². The number of nitrogens with zero attached hydrogens (tertiary/aromatic N) is 3. The van der Waals surface area contributed by atoms with Crippen LogP contribution in [0.1, 0.15) is 25.0 Å². The third-order valence-corrected chi connectivity index (χ3v) is 4.63. The first kappa shape index (κ1) is 12.9. The summed E-state index contributed by atoms with van der Waals surface area (Å²) in [6.07, 6.45) is 5.65. The lowest BCUT2D eigenvalue weighted by molar-refractivity contribution is 0.271. The number of aliphatic hydroxyl groups is 1. The van der Waals surface area contributed by atoms with E-state index in [2.05, 4.69) is 16.9 Å². The summed E-state index contributed by atoms with van der Waals surface area (Å²) in [7, 11) is 4.18. The lowest BCUT2D eigenvalue weighted by Crippen LogP contribution is -2.25. The van der Waals surface area contributed by atoms with Gasteiger partial charge in [0.2, 0.25) is 0 Å². The zero-order valence-corrected chi connectivity index (χ0v) is 11.4. The topological polar surface area (TPSA) is 41.3 Å². The highest BCUT2D eigenvalue weighted by Gasteiger charge is 2.20. The van der Waals surface area contributed by atoms with Gasteiger partial charge in [-0.25, -0.2) is 4.98 Å². The number of likely N-dealkylation sites (tertiary alicyclic amines) is 1. The molecule has 1 atom stereocenters. The standard InChI is InChI=1S/C12H21N3OS/c1-14-6-3-4-10(14)5-7-17-12-13-8-11(9-16)15(12)2/h8,10,16H,3-7,9H2,1-2H3. The lowest BCUT2D eigenvalue weighted by atomic mass is 10.2. The highest BCUT2D eigenvalue weighted by molar-refractivity contribution is 7.99. The van der Waals surface area contributed by atoms with Gasteiger partial charge in [0.05, 0.1) is 18.5 Å². The van der Waals surface area contributed by atoms with Crippen molar-refractivity contribution in [1.82, 2.24) is 14.5 Å². The number of thioether (sulfide) groups is 1.